The molecule has 1 aromatic rings. The number of hydrogen-bond acceptors (Lipinski definition) is 3. The van der Waals surface area contributed by atoms with E-state index in [2.05, 4.69) is 10.1 Å². The first-order chi connectivity index (χ1) is 6.75. The Morgan fingerprint density at radius 1 is 1.33 bits per heavy atom. The van der Waals surface area contributed by atoms with Crippen LogP contribution >= 0.6 is 0 Å². The Bertz CT molecular complexity index is 488. The van der Waals surface area contributed by atoms with Gasteiger partial charge in [-0.15, -0.1) is 0 Å². The van der Waals surface area contributed by atoms with Gasteiger partial charge in [-0.2, -0.15) is 0 Å². The lowest BCUT2D eigenvalue weighted by Crippen LogP contribution is -2.18. The monoisotopic (exact) mass is 244 g/mol. The van der Waals surface area contributed by atoms with Crippen molar-refractivity contribution in [3.63, 3.8) is 0 Å². The average molecular weight is 244 g/mol. The van der Waals surface area contributed by atoms with E-state index in [1.807, 2.05) is 0 Å². The van der Waals surface area contributed by atoms with E-state index in [4.69, 9.17) is 0 Å². The van der Waals surface area contributed by atoms with Crippen LogP contribution in [-0.2, 0) is 10.0 Å². The Labute approximate surface area is 81.8 Å². The number of primary sulfonamides is 1. The summed E-state index contributed by atoms with van der Waals surface area (Å²) in [4.78, 5) is 2.82. The zero-order valence-electron chi connectivity index (χ0n) is 6.92. The quantitative estimate of drug-likeness (QED) is 0.787. The first kappa shape index (κ1) is 11.9. The van der Waals surface area contributed by atoms with Crippen LogP contribution in [0.2, 0.25) is 0 Å². The van der Waals surface area contributed by atoms with Gasteiger partial charge in [0.1, 0.15) is 0 Å². The van der Waals surface area contributed by atoms with Crippen molar-refractivity contribution in [3.05, 3.63) is 23.4 Å². The van der Waals surface area contributed by atoms with Gasteiger partial charge in [-0.1, -0.05) is 0 Å². The van der Waals surface area contributed by atoms with E-state index >= 15 is 0 Å². The number of nitrogens with two attached hydrogens (primary N) is 1. The summed E-state index contributed by atoms with van der Waals surface area (Å²) in [6, 6.07) is 0. The van der Waals surface area contributed by atoms with Crippen LogP contribution in [-0.4, -0.2) is 13.4 Å². The van der Waals surface area contributed by atoms with Gasteiger partial charge in [0.05, 0.1) is 11.8 Å². The summed E-state index contributed by atoms with van der Waals surface area (Å²) in [6.07, 6.45) is -3.36. The van der Waals surface area contributed by atoms with Crippen LogP contribution in [0.4, 0.5) is 17.6 Å². The zero-order valence-corrected chi connectivity index (χ0v) is 7.73. The van der Waals surface area contributed by atoms with Crippen molar-refractivity contribution >= 4 is 10.0 Å². The van der Waals surface area contributed by atoms with Crippen LogP contribution in [0.15, 0.2) is 11.2 Å². The van der Waals surface area contributed by atoms with Gasteiger partial charge in [0.25, 0.3) is 16.4 Å². The third-order valence-corrected chi connectivity index (χ3v) is 2.32. The largest absolute Gasteiger partial charge is 0.269 e. The minimum Gasteiger partial charge on any atom is -0.240 e. The summed E-state index contributed by atoms with van der Waals surface area (Å²) < 4.78 is 71.2. The highest BCUT2D eigenvalue weighted by molar-refractivity contribution is 7.89. The second-order valence-corrected chi connectivity index (χ2v) is 3.96. The number of hydrogen-bond donors (Lipinski definition) is 1. The predicted molar refractivity (Wildman–Crippen MR) is 40.5 cm³/mol. The molecule has 0 amide bonds. The van der Waals surface area contributed by atoms with Gasteiger partial charge in [-0.25, -0.2) is 36.1 Å². The summed E-state index contributed by atoms with van der Waals surface area (Å²) in [6.45, 7) is 0. The molecule has 0 aliphatic heterocycles. The molecule has 84 valence electrons. The Kier molecular flexibility index (Phi) is 2.95. The Morgan fingerprint density at radius 3 is 2.27 bits per heavy atom. The molecule has 0 bridgehead atoms. The Hall–Kier alpha value is -1.22. The van der Waals surface area contributed by atoms with Crippen LogP contribution in [0.1, 0.15) is 12.0 Å². The van der Waals surface area contributed by atoms with Crippen molar-refractivity contribution in [2.24, 2.45) is 5.14 Å². The van der Waals surface area contributed by atoms with E-state index in [9.17, 15) is 26.0 Å². The van der Waals surface area contributed by atoms with Crippen LogP contribution in [0.3, 0.4) is 0 Å². The van der Waals surface area contributed by atoms with Crippen molar-refractivity contribution in [3.8, 4) is 0 Å². The Balaban J connectivity index is 3.62. The second-order valence-electron chi connectivity index (χ2n) is 2.48. The van der Waals surface area contributed by atoms with E-state index < -0.39 is 38.7 Å². The maximum atomic E-state index is 12.8. The summed E-state index contributed by atoms with van der Waals surface area (Å²) in [5.74, 6) is -3.64. The lowest BCUT2D eigenvalue weighted by atomic mass is 10.3. The fourth-order valence-corrected chi connectivity index (χ4v) is 1.56. The van der Waals surface area contributed by atoms with Gasteiger partial charge in [0, 0.05) is 0 Å². The molecular formula is C6H4F4N2O2S. The molecule has 1 heterocycles. The van der Waals surface area contributed by atoms with Gasteiger partial charge in [-0.3, -0.25) is 0 Å². The minimum atomic E-state index is -4.62. The standard InChI is InChI=1S/C6H4F4N2O2S/c7-2-1-12-6(15(11,13)14)3(4(2)8)5(9)10/h1,5H,(H2,11,13,14). The predicted octanol–water partition coefficient (Wildman–Crippen LogP) is 0.945. The number of aromatic nitrogens is 1. The number of sulfonamides is 1. The highest BCUT2D eigenvalue weighted by atomic mass is 32.2. The highest BCUT2D eigenvalue weighted by Crippen LogP contribution is 2.27. The van der Waals surface area contributed by atoms with Crippen LogP contribution in [0, 0.1) is 11.6 Å². The molecule has 0 aliphatic rings. The third kappa shape index (κ3) is 2.23. The minimum absolute atomic E-state index is 0.168. The van der Waals surface area contributed by atoms with Crippen molar-refractivity contribution in [2.75, 3.05) is 0 Å². The molecule has 0 atom stereocenters. The van der Waals surface area contributed by atoms with Crippen molar-refractivity contribution in [1.29, 1.82) is 0 Å². The molecule has 4 nitrogen and oxygen atoms in total. The molecule has 1 rings (SSSR count). The van der Waals surface area contributed by atoms with Gasteiger partial charge in [0.15, 0.2) is 16.7 Å². The fourth-order valence-electron chi connectivity index (χ4n) is 0.880. The summed E-state index contributed by atoms with van der Waals surface area (Å²) in [5, 5.41) is 3.14. The van der Waals surface area contributed by atoms with Gasteiger partial charge < -0.3 is 0 Å². The van der Waals surface area contributed by atoms with E-state index in [0.717, 1.165) is 0 Å². The molecule has 15 heavy (non-hydrogen) atoms. The maximum absolute atomic E-state index is 12.8. The number of nitrogens with zero attached hydrogens (tertiary/aromatic N) is 1. The zero-order chi connectivity index (χ0) is 11.8. The van der Waals surface area contributed by atoms with Crippen molar-refractivity contribution in [2.45, 2.75) is 11.5 Å². The van der Waals surface area contributed by atoms with Gasteiger partial charge in [0.2, 0.25) is 0 Å². The second kappa shape index (κ2) is 3.74. The summed E-state index contributed by atoms with van der Waals surface area (Å²) >= 11 is 0. The molecule has 0 unspecified atom stereocenters. The number of rotatable bonds is 2. The summed E-state index contributed by atoms with van der Waals surface area (Å²) in [7, 11) is -4.62. The smallest absolute Gasteiger partial charge is 0.240 e. The molecule has 2 N–H and O–H groups in total. The number of alkyl halides is 2. The van der Waals surface area contributed by atoms with Crippen LogP contribution in [0.25, 0.3) is 0 Å². The number of pyridine rings is 1. The number of halogens is 4. The molecule has 1 aromatic heterocycles. The maximum Gasteiger partial charge on any atom is 0.269 e. The van der Waals surface area contributed by atoms with E-state index in [0.29, 0.717) is 0 Å². The molecule has 9 heteroatoms. The van der Waals surface area contributed by atoms with Crippen LogP contribution < -0.4 is 5.14 Å². The van der Waals surface area contributed by atoms with E-state index in [1.165, 1.54) is 0 Å². The molecule has 0 saturated carbocycles. The lowest BCUT2D eigenvalue weighted by molar-refractivity contribution is 0.140. The third-order valence-electron chi connectivity index (χ3n) is 1.46. The topological polar surface area (TPSA) is 73.1 Å². The lowest BCUT2D eigenvalue weighted by Gasteiger charge is -2.06. The normalized spacial score (nSPS) is 12.1. The van der Waals surface area contributed by atoms with E-state index in [-0.39, 0.29) is 6.20 Å². The average Bonchev–Trinajstić information content (AvgIpc) is 2.06. The fraction of sp³-hybridized carbons (Fsp3) is 0.167. The van der Waals surface area contributed by atoms with Crippen LogP contribution in [0.5, 0.6) is 0 Å². The van der Waals surface area contributed by atoms with Crippen molar-refractivity contribution < 1.29 is 26.0 Å². The van der Waals surface area contributed by atoms with Gasteiger partial charge >= 0.3 is 0 Å². The van der Waals surface area contributed by atoms with E-state index in [1.54, 1.807) is 0 Å². The molecule has 0 saturated heterocycles. The molecule has 0 aliphatic carbocycles. The molecular weight excluding hydrogens is 240 g/mol. The summed E-state index contributed by atoms with van der Waals surface area (Å²) in [5.41, 5.74) is -1.66. The molecule has 0 aromatic carbocycles. The van der Waals surface area contributed by atoms with Crippen molar-refractivity contribution in [1.82, 2.24) is 4.98 Å². The SMILES string of the molecule is NS(=O)(=O)c1ncc(F)c(F)c1C(F)F. The first-order valence-corrected chi connectivity index (χ1v) is 4.94. The first-order valence-electron chi connectivity index (χ1n) is 3.40. The molecule has 0 spiro atoms. The molecule has 0 radical (unpaired) electrons. The molecule has 0 fully saturated rings. The highest BCUT2D eigenvalue weighted by Gasteiger charge is 2.28. The van der Waals surface area contributed by atoms with Gasteiger partial charge in [-0.05, 0) is 0 Å². The Morgan fingerprint density at radius 2 is 1.87 bits per heavy atom.